The third kappa shape index (κ3) is 4.58. The first-order chi connectivity index (χ1) is 12.6. The van der Waals surface area contributed by atoms with Gasteiger partial charge in [-0.1, -0.05) is 35.1 Å². The van der Waals surface area contributed by atoms with Gasteiger partial charge in [0.15, 0.2) is 4.80 Å². The predicted octanol–water partition coefficient (Wildman–Crippen LogP) is 4.20. The number of thiazole rings is 1. The molecule has 26 heavy (non-hydrogen) atoms. The van der Waals surface area contributed by atoms with Crippen LogP contribution in [0.3, 0.4) is 0 Å². The molecule has 3 aromatic rings. The molecule has 4 nitrogen and oxygen atoms in total. The zero-order valence-electron chi connectivity index (χ0n) is 14.2. The van der Waals surface area contributed by atoms with Crippen molar-refractivity contribution in [2.75, 3.05) is 13.2 Å². The standard InChI is InChI=1S/C19H18ClFN2O2S/c1-2-25-10-9-23-16-8-7-15(21)12-17(16)26-19(23)22-18(24)11-13-3-5-14(20)6-4-13/h3-8,12H,2,9-11H2,1H3. The Labute approximate surface area is 159 Å². The minimum absolute atomic E-state index is 0.186. The van der Waals surface area contributed by atoms with Crippen molar-refractivity contribution < 1.29 is 13.9 Å². The molecule has 0 aliphatic heterocycles. The Morgan fingerprint density at radius 1 is 1.27 bits per heavy atom. The molecule has 0 spiro atoms. The molecule has 0 unspecified atom stereocenters. The van der Waals surface area contributed by atoms with E-state index in [1.807, 2.05) is 11.5 Å². The molecule has 1 heterocycles. The summed E-state index contributed by atoms with van der Waals surface area (Å²) < 4.78 is 21.6. The number of rotatable bonds is 6. The summed E-state index contributed by atoms with van der Waals surface area (Å²) in [6.45, 7) is 3.58. The van der Waals surface area contributed by atoms with Gasteiger partial charge in [-0.2, -0.15) is 4.99 Å². The number of fused-ring (bicyclic) bond motifs is 1. The molecule has 0 saturated heterocycles. The average molecular weight is 393 g/mol. The number of amides is 1. The quantitative estimate of drug-likeness (QED) is 0.590. The number of carbonyl (C=O) groups excluding carboxylic acids is 1. The number of benzene rings is 2. The van der Waals surface area contributed by atoms with Crippen LogP contribution in [0.4, 0.5) is 4.39 Å². The Hall–Kier alpha value is -2.02. The van der Waals surface area contributed by atoms with E-state index >= 15 is 0 Å². The summed E-state index contributed by atoms with van der Waals surface area (Å²) in [4.78, 5) is 17.2. The minimum atomic E-state index is -0.310. The second kappa shape index (κ2) is 8.58. The first-order valence-corrected chi connectivity index (χ1v) is 9.45. The van der Waals surface area contributed by atoms with Crippen LogP contribution in [0.5, 0.6) is 0 Å². The van der Waals surface area contributed by atoms with Crippen LogP contribution in [0, 0.1) is 5.82 Å². The van der Waals surface area contributed by atoms with Crippen LogP contribution >= 0.6 is 22.9 Å². The molecule has 3 rings (SSSR count). The van der Waals surface area contributed by atoms with Crippen LogP contribution in [0.2, 0.25) is 5.02 Å². The molecule has 1 amide bonds. The number of ether oxygens (including phenoxy) is 1. The summed E-state index contributed by atoms with van der Waals surface area (Å²) in [5, 5.41) is 0.624. The fraction of sp³-hybridized carbons (Fsp3) is 0.263. The van der Waals surface area contributed by atoms with Gasteiger partial charge in [0.25, 0.3) is 5.91 Å². The summed E-state index contributed by atoms with van der Waals surface area (Å²) in [5.74, 6) is -0.570. The highest BCUT2D eigenvalue weighted by atomic mass is 35.5. The SMILES string of the molecule is CCOCCn1c(=NC(=O)Cc2ccc(Cl)cc2)sc2cc(F)ccc21. The Morgan fingerprint density at radius 3 is 2.77 bits per heavy atom. The summed E-state index contributed by atoms with van der Waals surface area (Å²) in [7, 11) is 0. The second-order valence-electron chi connectivity index (χ2n) is 5.65. The molecule has 7 heteroatoms. The van der Waals surface area contributed by atoms with E-state index in [-0.39, 0.29) is 18.1 Å². The van der Waals surface area contributed by atoms with Gasteiger partial charge in [-0.15, -0.1) is 0 Å². The summed E-state index contributed by atoms with van der Waals surface area (Å²) in [5.41, 5.74) is 1.69. The van der Waals surface area contributed by atoms with Crippen molar-refractivity contribution in [2.24, 2.45) is 4.99 Å². The van der Waals surface area contributed by atoms with Gasteiger partial charge in [-0.05, 0) is 42.8 Å². The number of nitrogens with zero attached hydrogens (tertiary/aromatic N) is 2. The van der Waals surface area contributed by atoms with E-state index in [0.717, 1.165) is 15.8 Å². The van der Waals surface area contributed by atoms with E-state index in [1.165, 1.54) is 23.5 Å². The molecule has 0 atom stereocenters. The van der Waals surface area contributed by atoms with Crippen molar-refractivity contribution in [2.45, 2.75) is 19.9 Å². The van der Waals surface area contributed by atoms with Crippen molar-refractivity contribution >= 4 is 39.1 Å². The smallest absolute Gasteiger partial charge is 0.252 e. The molecular weight excluding hydrogens is 375 g/mol. The van der Waals surface area contributed by atoms with E-state index in [0.29, 0.717) is 29.6 Å². The van der Waals surface area contributed by atoms with Crippen molar-refractivity contribution in [3.05, 3.63) is 63.7 Å². The van der Waals surface area contributed by atoms with E-state index in [9.17, 15) is 9.18 Å². The molecule has 0 aliphatic rings. The molecule has 0 saturated carbocycles. The molecule has 0 radical (unpaired) electrons. The summed E-state index contributed by atoms with van der Waals surface area (Å²) in [6.07, 6.45) is 0.186. The fourth-order valence-corrected chi connectivity index (χ4v) is 3.80. The van der Waals surface area contributed by atoms with Gasteiger partial charge >= 0.3 is 0 Å². The van der Waals surface area contributed by atoms with E-state index in [4.69, 9.17) is 16.3 Å². The zero-order chi connectivity index (χ0) is 18.5. The average Bonchev–Trinajstić information content (AvgIpc) is 2.93. The van der Waals surface area contributed by atoms with Gasteiger partial charge in [0.2, 0.25) is 0 Å². The first-order valence-electron chi connectivity index (χ1n) is 8.25. The number of carbonyl (C=O) groups is 1. The summed E-state index contributed by atoms with van der Waals surface area (Å²) >= 11 is 7.16. The van der Waals surface area contributed by atoms with Gasteiger partial charge in [0.1, 0.15) is 5.82 Å². The fourth-order valence-electron chi connectivity index (χ4n) is 2.57. The molecule has 0 aliphatic carbocycles. The lowest BCUT2D eigenvalue weighted by Gasteiger charge is -2.05. The Kier molecular flexibility index (Phi) is 6.19. The summed E-state index contributed by atoms with van der Waals surface area (Å²) in [6, 6.07) is 11.7. The van der Waals surface area contributed by atoms with E-state index < -0.39 is 0 Å². The number of hydrogen-bond acceptors (Lipinski definition) is 3. The zero-order valence-corrected chi connectivity index (χ0v) is 15.8. The monoisotopic (exact) mass is 392 g/mol. The van der Waals surface area contributed by atoms with Crippen LogP contribution in [0.1, 0.15) is 12.5 Å². The number of halogens is 2. The first kappa shape index (κ1) is 18.8. The highest BCUT2D eigenvalue weighted by Crippen LogP contribution is 2.19. The van der Waals surface area contributed by atoms with Gasteiger partial charge < -0.3 is 9.30 Å². The van der Waals surface area contributed by atoms with Gasteiger partial charge in [-0.25, -0.2) is 4.39 Å². The van der Waals surface area contributed by atoms with Crippen molar-refractivity contribution in [1.82, 2.24) is 4.57 Å². The lowest BCUT2D eigenvalue weighted by molar-refractivity contribution is -0.117. The van der Waals surface area contributed by atoms with Crippen LogP contribution in [0.25, 0.3) is 10.2 Å². The van der Waals surface area contributed by atoms with Crippen LogP contribution in [-0.4, -0.2) is 23.7 Å². The lowest BCUT2D eigenvalue weighted by atomic mass is 10.1. The van der Waals surface area contributed by atoms with Crippen molar-refractivity contribution in [3.8, 4) is 0 Å². The van der Waals surface area contributed by atoms with E-state index in [2.05, 4.69) is 4.99 Å². The Morgan fingerprint density at radius 2 is 2.04 bits per heavy atom. The van der Waals surface area contributed by atoms with Crippen molar-refractivity contribution in [1.29, 1.82) is 0 Å². The minimum Gasteiger partial charge on any atom is -0.380 e. The van der Waals surface area contributed by atoms with Crippen LogP contribution in [0.15, 0.2) is 47.5 Å². The molecule has 0 fully saturated rings. The number of hydrogen-bond donors (Lipinski definition) is 0. The highest BCUT2D eigenvalue weighted by Gasteiger charge is 2.09. The van der Waals surface area contributed by atoms with Gasteiger partial charge in [0, 0.05) is 18.2 Å². The third-order valence-corrected chi connectivity index (χ3v) is 5.09. The predicted molar refractivity (Wildman–Crippen MR) is 102 cm³/mol. The normalized spacial score (nSPS) is 12.0. The molecule has 0 N–H and O–H groups in total. The molecule has 2 aromatic carbocycles. The largest absolute Gasteiger partial charge is 0.380 e. The number of aromatic nitrogens is 1. The second-order valence-corrected chi connectivity index (χ2v) is 7.10. The Bertz CT molecular complexity index is 979. The van der Waals surface area contributed by atoms with Crippen molar-refractivity contribution in [3.63, 3.8) is 0 Å². The van der Waals surface area contributed by atoms with Crippen LogP contribution in [-0.2, 0) is 22.5 Å². The van der Waals surface area contributed by atoms with Gasteiger partial charge in [-0.3, -0.25) is 4.79 Å². The molecule has 0 bridgehead atoms. The maximum Gasteiger partial charge on any atom is 0.252 e. The molecule has 1 aromatic heterocycles. The topological polar surface area (TPSA) is 43.6 Å². The maximum absolute atomic E-state index is 13.5. The highest BCUT2D eigenvalue weighted by molar-refractivity contribution is 7.16. The molecular formula is C19H18ClFN2O2S. The molecule has 136 valence electrons. The van der Waals surface area contributed by atoms with Gasteiger partial charge in [0.05, 0.1) is 23.2 Å². The third-order valence-electron chi connectivity index (χ3n) is 3.80. The maximum atomic E-state index is 13.5. The van der Waals surface area contributed by atoms with Crippen LogP contribution < -0.4 is 4.80 Å². The lowest BCUT2D eigenvalue weighted by Crippen LogP contribution is -2.20. The Balaban J connectivity index is 1.93. The van der Waals surface area contributed by atoms with E-state index in [1.54, 1.807) is 30.3 Å².